The second-order valence-corrected chi connectivity index (χ2v) is 6.09. The monoisotopic (exact) mass is 305 g/mol. The molecule has 0 aromatic carbocycles. The highest BCUT2D eigenvalue weighted by molar-refractivity contribution is 5.00. The average Bonchev–Trinajstić information content (AvgIpc) is 3.20. The van der Waals surface area contributed by atoms with Gasteiger partial charge in [-0.05, 0) is 36.2 Å². The Hall–Kier alpha value is -1.83. The van der Waals surface area contributed by atoms with Crippen LogP contribution in [-0.4, -0.2) is 41.8 Å². The van der Waals surface area contributed by atoms with Gasteiger partial charge >= 0.3 is 0 Å². The lowest BCUT2D eigenvalue weighted by molar-refractivity contribution is 0.224. The van der Waals surface area contributed by atoms with Crippen LogP contribution in [0.25, 0.3) is 0 Å². The summed E-state index contributed by atoms with van der Waals surface area (Å²) in [4.78, 5) is 6.89. The summed E-state index contributed by atoms with van der Waals surface area (Å²) < 4.78 is 7.23. The summed E-state index contributed by atoms with van der Waals surface area (Å²) in [5, 5.41) is 16.2. The highest BCUT2D eigenvalue weighted by Gasteiger charge is 2.31. The number of hydrogen-bond donors (Lipinski definition) is 0. The Bertz CT molecular complexity index is 606. The van der Waals surface area contributed by atoms with Crippen molar-refractivity contribution < 1.29 is 4.52 Å². The first-order chi connectivity index (χ1) is 10.7. The number of aromatic nitrogens is 6. The van der Waals surface area contributed by atoms with Crippen molar-refractivity contribution in [2.45, 2.75) is 65.1 Å². The van der Waals surface area contributed by atoms with E-state index in [1.165, 1.54) is 0 Å². The summed E-state index contributed by atoms with van der Waals surface area (Å²) in [6.07, 6.45) is 3.20. The largest absolute Gasteiger partial charge is 0.339 e. The standard InChI is InChI=1S/C14H23N7O/c1-4-7-21-12(16-18-19-21)9-20-8-5-6-11(20)13-15-14(10(2)3)22-17-13/h10-11H,4-9H2,1-3H3/t11-/m1/s1. The zero-order valence-corrected chi connectivity index (χ0v) is 13.4. The fourth-order valence-corrected chi connectivity index (χ4v) is 2.83. The first-order valence-electron chi connectivity index (χ1n) is 8.01. The molecule has 0 amide bonds. The van der Waals surface area contributed by atoms with Crippen molar-refractivity contribution in [2.75, 3.05) is 6.54 Å². The molecule has 8 nitrogen and oxygen atoms in total. The van der Waals surface area contributed by atoms with E-state index >= 15 is 0 Å². The SMILES string of the molecule is CCCn1nnnc1CN1CCC[C@@H]1c1noc(C(C)C)n1. The molecule has 0 bridgehead atoms. The minimum absolute atomic E-state index is 0.197. The van der Waals surface area contributed by atoms with Gasteiger partial charge in [0.2, 0.25) is 5.89 Å². The smallest absolute Gasteiger partial charge is 0.229 e. The fraction of sp³-hybridized carbons (Fsp3) is 0.786. The molecule has 1 saturated heterocycles. The highest BCUT2D eigenvalue weighted by atomic mass is 16.5. The van der Waals surface area contributed by atoms with E-state index in [1.807, 2.05) is 4.68 Å². The van der Waals surface area contributed by atoms with Crippen LogP contribution in [0.15, 0.2) is 4.52 Å². The van der Waals surface area contributed by atoms with E-state index in [2.05, 4.69) is 51.3 Å². The van der Waals surface area contributed by atoms with Gasteiger partial charge in [-0.25, -0.2) is 4.68 Å². The van der Waals surface area contributed by atoms with Crippen molar-refractivity contribution in [3.63, 3.8) is 0 Å². The lowest BCUT2D eigenvalue weighted by atomic mass is 10.2. The molecule has 1 aliphatic heterocycles. The van der Waals surface area contributed by atoms with Gasteiger partial charge in [-0.2, -0.15) is 4.98 Å². The van der Waals surface area contributed by atoms with Crippen LogP contribution in [-0.2, 0) is 13.1 Å². The Morgan fingerprint density at radius 1 is 1.36 bits per heavy atom. The fourth-order valence-electron chi connectivity index (χ4n) is 2.83. The molecule has 2 aromatic heterocycles. The van der Waals surface area contributed by atoms with E-state index in [0.29, 0.717) is 5.89 Å². The molecule has 0 saturated carbocycles. The minimum atomic E-state index is 0.197. The molecule has 0 radical (unpaired) electrons. The van der Waals surface area contributed by atoms with Gasteiger partial charge in [0, 0.05) is 12.5 Å². The van der Waals surface area contributed by atoms with Crippen molar-refractivity contribution in [3.8, 4) is 0 Å². The van der Waals surface area contributed by atoms with Crippen LogP contribution in [0.3, 0.4) is 0 Å². The molecule has 0 aliphatic carbocycles. The topological polar surface area (TPSA) is 85.8 Å². The summed E-state index contributed by atoms with van der Waals surface area (Å²) in [6.45, 7) is 8.82. The van der Waals surface area contributed by atoms with E-state index in [-0.39, 0.29) is 12.0 Å². The normalized spacial score (nSPS) is 19.4. The van der Waals surface area contributed by atoms with Gasteiger partial charge in [-0.1, -0.05) is 25.9 Å². The first kappa shape index (κ1) is 15.1. The number of hydrogen-bond acceptors (Lipinski definition) is 7. The molecule has 1 atom stereocenters. The number of tetrazole rings is 1. The Kier molecular flexibility index (Phi) is 4.47. The van der Waals surface area contributed by atoms with Crippen LogP contribution < -0.4 is 0 Å². The zero-order valence-electron chi connectivity index (χ0n) is 13.4. The van der Waals surface area contributed by atoms with E-state index in [1.54, 1.807) is 0 Å². The third kappa shape index (κ3) is 3.01. The molecule has 1 aliphatic rings. The lowest BCUT2D eigenvalue weighted by Crippen LogP contribution is -2.25. The van der Waals surface area contributed by atoms with Crippen LogP contribution in [0.5, 0.6) is 0 Å². The zero-order chi connectivity index (χ0) is 15.5. The van der Waals surface area contributed by atoms with E-state index in [4.69, 9.17) is 4.52 Å². The van der Waals surface area contributed by atoms with Gasteiger partial charge in [0.05, 0.1) is 12.6 Å². The molecule has 22 heavy (non-hydrogen) atoms. The number of likely N-dealkylation sites (tertiary alicyclic amines) is 1. The number of nitrogens with zero attached hydrogens (tertiary/aromatic N) is 7. The molecule has 0 spiro atoms. The number of aryl methyl sites for hydroxylation is 1. The summed E-state index contributed by atoms with van der Waals surface area (Å²) in [5.41, 5.74) is 0. The summed E-state index contributed by atoms with van der Waals surface area (Å²) in [5.74, 6) is 2.66. The maximum absolute atomic E-state index is 5.35. The summed E-state index contributed by atoms with van der Waals surface area (Å²) >= 11 is 0. The Balaban J connectivity index is 1.73. The number of rotatable bonds is 6. The van der Waals surface area contributed by atoms with Gasteiger partial charge < -0.3 is 4.52 Å². The third-order valence-electron chi connectivity index (χ3n) is 4.00. The van der Waals surface area contributed by atoms with Gasteiger partial charge in [0.15, 0.2) is 11.6 Å². The van der Waals surface area contributed by atoms with E-state index < -0.39 is 0 Å². The molecule has 2 aromatic rings. The Labute approximate surface area is 129 Å². The second-order valence-electron chi connectivity index (χ2n) is 6.09. The molecule has 120 valence electrons. The van der Waals surface area contributed by atoms with Crippen LogP contribution in [0, 0.1) is 0 Å². The van der Waals surface area contributed by atoms with Crippen LogP contribution >= 0.6 is 0 Å². The molecule has 0 N–H and O–H groups in total. The lowest BCUT2D eigenvalue weighted by Gasteiger charge is -2.20. The van der Waals surface area contributed by atoms with Gasteiger partial charge in [0.1, 0.15) is 0 Å². The van der Waals surface area contributed by atoms with Crippen LogP contribution in [0.2, 0.25) is 0 Å². The molecule has 3 heterocycles. The van der Waals surface area contributed by atoms with E-state index in [9.17, 15) is 0 Å². The average molecular weight is 305 g/mol. The van der Waals surface area contributed by atoms with E-state index in [0.717, 1.165) is 50.5 Å². The van der Waals surface area contributed by atoms with Gasteiger partial charge in [0.25, 0.3) is 0 Å². The predicted molar refractivity (Wildman–Crippen MR) is 78.9 cm³/mol. The molecular formula is C14H23N7O. The first-order valence-corrected chi connectivity index (χ1v) is 8.01. The maximum Gasteiger partial charge on any atom is 0.229 e. The Morgan fingerprint density at radius 2 is 2.23 bits per heavy atom. The third-order valence-corrected chi connectivity index (χ3v) is 4.00. The Morgan fingerprint density at radius 3 is 2.95 bits per heavy atom. The quantitative estimate of drug-likeness (QED) is 0.806. The van der Waals surface area contributed by atoms with Gasteiger partial charge in [-0.15, -0.1) is 5.10 Å². The van der Waals surface area contributed by atoms with Crippen LogP contribution in [0.1, 0.15) is 69.5 Å². The van der Waals surface area contributed by atoms with Crippen LogP contribution in [0.4, 0.5) is 0 Å². The predicted octanol–water partition coefficient (Wildman–Crippen LogP) is 1.93. The molecule has 0 unspecified atom stereocenters. The van der Waals surface area contributed by atoms with Crippen molar-refractivity contribution in [1.29, 1.82) is 0 Å². The van der Waals surface area contributed by atoms with Crippen molar-refractivity contribution >= 4 is 0 Å². The molecular weight excluding hydrogens is 282 g/mol. The highest BCUT2D eigenvalue weighted by Crippen LogP contribution is 2.31. The summed E-state index contributed by atoms with van der Waals surface area (Å²) in [7, 11) is 0. The minimum Gasteiger partial charge on any atom is -0.339 e. The summed E-state index contributed by atoms with van der Waals surface area (Å²) in [6, 6.07) is 0.197. The molecule has 3 rings (SSSR count). The maximum atomic E-state index is 5.35. The van der Waals surface area contributed by atoms with Crippen molar-refractivity contribution in [3.05, 3.63) is 17.5 Å². The molecule has 8 heteroatoms. The second kappa shape index (κ2) is 6.51. The van der Waals surface area contributed by atoms with Crippen molar-refractivity contribution in [2.24, 2.45) is 0 Å². The van der Waals surface area contributed by atoms with Gasteiger partial charge in [-0.3, -0.25) is 4.90 Å². The van der Waals surface area contributed by atoms with Crippen molar-refractivity contribution in [1.82, 2.24) is 35.2 Å². The molecule has 1 fully saturated rings.